The van der Waals surface area contributed by atoms with Gasteiger partial charge in [0.2, 0.25) is 0 Å². The van der Waals surface area contributed by atoms with Gasteiger partial charge < -0.3 is 14.5 Å². The first-order valence-electron chi connectivity index (χ1n) is 9.78. The van der Waals surface area contributed by atoms with Crippen LogP contribution in [0.2, 0.25) is 10.0 Å². The fourth-order valence-corrected chi connectivity index (χ4v) is 3.81. The predicted molar refractivity (Wildman–Crippen MR) is 113 cm³/mol. The van der Waals surface area contributed by atoms with Crippen LogP contribution < -0.4 is 4.74 Å². The monoisotopic (exact) mass is 432 g/mol. The van der Waals surface area contributed by atoms with Crippen LogP contribution in [0.15, 0.2) is 42.5 Å². The van der Waals surface area contributed by atoms with Crippen molar-refractivity contribution in [1.29, 1.82) is 0 Å². The lowest BCUT2D eigenvalue weighted by Gasteiger charge is -2.35. The maximum atomic E-state index is 12.8. The molecular weight excluding hydrogens is 411 g/mol. The summed E-state index contributed by atoms with van der Waals surface area (Å²) in [4.78, 5) is 29.0. The molecule has 0 aromatic heterocycles. The number of halogens is 2. The van der Waals surface area contributed by atoms with Crippen LogP contribution in [0.3, 0.4) is 0 Å². The molecule has 2 aromatic carbocycles. The van der Waals surface area contributed by atoms with Crippen molar-refractivity contribution in [2.45, 2.75) is 12.8 Å². The van der Waals surface area contributed by atoms with Crippen LogP contribution in [0.25, 0.3) is 0 Å². The lowest BCUT2D eigenvalue weighted by Crippen LogP contribution is -2.50. The van der Waals surface area contributed by atoms with E-state index in [-0.39, 0.29) is 11.8 Å². The molecule has 0 radical (unpaired) electrons. The smallest absolute Gasteiger partial charge is 0.255 e. The van der Waals surface area contributed by atoms with E-state index in [9.17, 15) is 9.59 Å². The number of carbonyl (C=O) groups is 2. The molecule has 0 unspecified atom stereocenters. The van der Waals surface area contributed by atoms with Crippen molar-refractivity contribution in [3.8, 4) is 5.75 Å². The third-order valence-corrected chi connectivity index (χ3v) is 5.85. The molecule has 29 heavy (non-hydrogen) atoms. The normalized spacial score (nSPS) is 16.6. The van der Waals surface area contributed by atoms with Gasteiger partial charge in [0.05, 0.1) is 17.2 Å². The number of piperazine rings is 1. The summed E-state index contributed by atoms with van der Waals surface area (Å²) < 4.78 is 5.72. The Labute approximate surface area is 180 Å². The predicted octanol–water partition coefficient (Wildman–Crippen LogP) is 4.38. The Bertz CT molecular complexity index is 905. The molecule has 0 bridgehead atoms. The van der Waals surface area contributed by atoms with Crippen molar-refractivity contribution >= 4 is 35.0 Å². The molecule has 0 atom stereocenters. The van der Waals surface area contributed by atoms with Crippen LogP contribution in [-0.2, 0) is 0 Å². The van der Waals surface area contributed by atoms with Gasteiger partial charge in [0.15, 0.2) is 0 Å². The van der Waals surface area contributed by atoms with E-state index in [4.69, 9.17) is 27.9 Å². The molecule has 1 aliphatic carbocycles. The van der Waals surface area contributed by atoms with Gasteiger partial charge in [0, 0.05) is 36.8 Å². The number of amides is 2. The van der Waals surface area contributed by atoms with E-state index in [1.807, 2.05) is 12.1 Å². The molecule has 2 amide bonds. The van der Waals surface area contributed by atoms with Crippen molar-refractivity contribution in [3.63, 3.8) is 0 Å². The van der Waals surface area contributed by atoms with E-state index in [1.165, 1.54) is 12.8 Å². The quantitative estimate of drug-likeness (QED) is 0.703. The van der Waals surface area contributed by atoms with E-state index in [1.54, 1.807) is 40.1 Å². The molecule has 152 valence electrons. The summed E-state index contributed by atoms with van der Waals surface area (Å²) in [5, 5.41) is 0.830. The van der Waals surface area contributed by atoms with Gasteiger partial charge in [-0.3, -0.25) is 9.59 Å². The van der Waals surface area contributed by atoms with E-state index < -0.39 is 0 Å². The Balaban J connectivity index is 1.32. The summed E-state index contributed by atoms with van der Waals surface area (Å²) in [6.07, 6.45) is 2.49. The van der Waals surface area contributed by atoms with E-state index in [2.05, 4.69) is 0 Å². The van der Waals surface area contributed by atoms with E-state index in [0.29, 0.717) is 53.3 Å². The van der Waals surface area contributed by atoms with Crippen LogP contribution in [0.5, 0.6) is 5.75 Å². The molecule has 1 aliphatic heterocycles. The molecule has 5 nitrogen and oxygen atoms in total. The van der Waals surface area contributed by atoms with Gasteiger partial charge in [-0.2, -0.15) is 0 Å². The summed E-state index contributed by atoms with van der Waals surface area (Å²) >= 11 is 12.1. The minimum atomic E-state index is -0.143. The van der Waals surface area contributed by atoms with Gasteiger partial charge in [0.25, 0.3) is 11.8 Å². The first kappa shape index (κ1) is 20.0. The van der Waals surface area contributed by atoms with Crippen LogP contribution in [0.4, 0.5) is 0 Å². The van der Waals surface area contributed by atoms with Gasteiger partial charge in [-0.1, -0.05) is 23.2 Å². The molecule has 0 spiro atoms. The zero-order chi connectivity index (χ0) is 20.4. The summed E-state index contributed by atoms with van der Waals surface area (Å²) in [6.45, 7) is 2.64. The second-order valence-electron chi connectivity index (χ2n) is 7.49. The lowest BCUT2D eigenvalue weighted by atomic mass is 10.1. The van der Waals surface area contributed by atoms with Crippen molar-refractivity contribution in [3.05, 3.63) is 63.6 Å². The third-order valence-electron chi connectivity index (χ3n) is 5.30. The van der Waals surface area contributed by atoms with Gasteiger partial charge in [-0.25, -0.2) is 0 Å². The average Bonchev–Trinajstić information content (AvgIpc) is 3.56. The SMILES string of the molecule is O=C(c1ccc(OCC2CC2)cc1)N1CCN(C(=O)c2ccc(Cl)cc2Cl)CC1. The third kappa shape index (κ3) is 4.85. The number of rotatable bonds is 5. The number of benzene rings is 2. The molecule has 4 rings (SSSR count). The maximum Gasteiger partial charge on any atom is 0.255 e. The number of hydrogen-bond donors (Lipinski definition) is 0. The van der Waals surface area contributed by atoms with Crippen molar-refractivity contribution < 1.29 is 14.3 Å². The number of hydrogen-bond acceptors (Lipinski definition) is 3. The Morgan fingerprint density at radius 2 is 1.52 bits per heavy atom. The Morgan fingerprint density at radius 3 is 2.10 bits per heavy atom. The van der Waals surface area contributed by atoms with Crippen LogP contribution in [0, 0.1) is 5.92 Å². The van der Waals surface area contributed by atoms with Crippen LogP contribution in [-0.4, -0.2) is 54.4 Å². The standard InChI is InChI=1S/C22H22Cl2N2O3/c23-17-5-8-19(20(24)13-17)22(28)26-11-9-25(10-12-26)21(27)16-3-6-18(7-4-16)29-14-15-1-2-15/h3-8,13,15H,1-2,9-12,14H2. The second kappa shape index (κ2) is 8.64. The summed E-state index contributed by atoms with van der Waals surface area (Å²) in [5.74, 6) is 1.31. The highest BCUT2D eigenvalue weighted by molar-refractivity contribution is 6.36. The van der Waals surface area contributed by atoms with E-state index >= 15 is 0 Å². The minimum Gasteiger partial charge on any atom is -0.493 e. The van der Waals surface area contributed by atoms with Gasteiger partial charge >= 0.3 is 0 Å². The highest BCUT2D eigenvalue weighted by Crippen LogP contribution is 2.29. The minimum absolute atomic E-state index is 0.0321. The van der Waals surface area contributed by atoms with Crippen molar-refractivity contribution in [2.24, 2.45) is 5.92 Å². The molecule has 1 saturated heterocycles. The van der Waals surface area contributed by atoms with Gasteiger partial charge in [0.1, 0.15) is 5.75 Å². The zero-order valence-electron chi connectivity index (χ0n) is 15.9. The zero-order valence-corrected chi connectivity index (χ0v) is 17.5. The van der Waals surface area contributed by atoms with Gasteiger partial charge in [-0.15, -0.1) is 0 Å². The molecule has 1 saturated carbocycles. The van der Waals surface area contributed by atoms with Crippen LogP contribution >= 0.6 is 23.2 Å². The van der Waals surface area contributed by atoms with Crippen molar-refractivity contribution in [1.82, 2.24) is 9.80 Å². The molecule has 7 heteroatoms. The van der Waals surface area contributed by atoms with Gasteiger partial charge in [-0.05, 0) is 61.2 Å². The number of nitrogens with zero attached hydrogens (tertiary/aromatic N) is 2. The average molecular weight is 433 g/mol. The molecule has 2 fully saturated rings. The topological polar surface area (TPSA) is 49.9 Å². The molecule has 2 aliphatic rings. The van der Waals surface area contributed by atoms with Crippen LogP contribution in [0.1, 0.15) is 33.6 Å². The number of carbonyl (C=O) groups excluding carboxylic acids is 2. The van der Waals surface area contributed by atoms with E-state index in [0.717, 1.165) is 12.4 Å². The first-order valence-corrected chi connectivity index (χ1v) is 10.5. The fourth-order valence-electron chi connectivity index (χ4n) is 3.32. The highest BCUT2D eigenvalue weighted by atomic mass is 35.5. The lowest BCUT2D eigenvalue weighted by molar-refractivity contribution is 0.0535. The second-order valence-corrected chi connectivity index (χ2v) is 8.33. The summed E-state index contributed by atoms with van der Waals surface area (Å²) in [7, 11) is 0. The maximum absolute atomic E-state index is 12.8. The number of ether oxygens (including phenoxy) is 1. The molecule has 1 heterocycles. The Hall–Kier alpha value is -2.24. The molecule has 0 N–H and O–H groups in total. The Morgan fingerprint density at radius 1 is 0.897 bits per heavy atom. The molecular formula is C22H22Cl2N2O3. The largest absolute Gasteiger partial charge is 0.493 e. The fraction of sp³-hybridized carbons (Fsp3) is 0.364. The first-order chi connectivity index (χ1) is 14.0. The summed E-state index contributed by atoms with van der Waals surface area (Å²) in [6, 6.07) is 12.1. The Kier molecular flexibility index (Phi) is 5.97. The molecule has 2 aromatic rings. The summed E-state index contributed by atoms with van der Waals surface area (Å²) in [5.41, 5.74) is 1.06. The highest BCUT2D eigenvalue weighted by Gasteiger charge is 2.27. The van der Waals surface area contributed by atoms with Crippen molar-refractivity contribution in [2.75, 3.05) is 32.8 Å².